The highest BCUT2D eigenvalue weighted by Crippen LogP contribution is 2.25. The summed E-state index contributed by atoms with van der Waals surface area (Å²) in [6.07, 6.45) is 4.83. The molecule has 0 unspecified atom stereocenters. The summed E-state index contributed by atoms with van der Waals surface area (Å²) in [5, 5.41) is 0. The first-order valence-corrected chi connectivity index (χ1v) is 6.13. The van der Waals surface area contributed by atoms with Gasteiger partial charge < -0.3 is 9.47 Å². The van der Waals surface area contributed by atoms with Crippen molar-refractivity contribution < 1.29 is 14.3 Å². The average molecular weight is 228 g/mol. The Morgan fingerprint density at radius 3 is 2.44 bits per heavy atom. The van der Waals surface area contributed by atoms with Crippen LogP contribution in [-0.2, 0) is 14.3 Å². The van der Waals surface area contributed by atoms with Crippen LogP contribution in [0.2, 0.25) is 0 Å². The lowest BCUT2D eigenvalue weighted by Crippen LogP contribution is -2.30. The second-order valence-corrected chi connectivity index (χ2v) is 5.87. The zero-order valence-electron chi connectivity index (χ0n) is 10.9. The maximum Gasteiger partial charge on any atom is 0.306 e. The third-order valence-corrected chi connectivity index (χ3v) is 2.88. The molecule has 0 spiro atoms. The van der Waals surface area contributed by atoms with Crippen molar-refractivity contribution in [3.8, 4) is 0 Å². The molecule has 0 N–H and O–H groups in total. The highest BCUT2D eigenvalue weighted by molar-refractivity contribution is 5.70. The molecule has 0 radical (unpaired) electrons. The van der Waals surface area contributed by atoms with Crippen molar-refractivity contribution in [2.45, 2.75) is 65.1 Å². The summed E-state index contributed by atoms with van der Waals surface area (Å²) in [5.74, 6) is -0.0748. The predicted molar refractivity (Wildman–Crippen MR) is 63.2 cm³/mol. The normalized spacial score (nSPS) is 26.5. The topological polar surface area (TPSA) is 35.5 Å². The second kappa shape index (κ2) is 5.67. The van der Waals surface area contributed by atoms with Gasteiger partial charge in [0.05, 0.1) is 12.5 Å². The van der Waals surface area contributed by atoms with Crippen LogP contribution in [0, 0.1) is 5.41 Å². The Hall–Kier alpha value is -0.570. The molecule has 1 aliphatic carbocycles. The molecule has 0 heterocycles. The summed E-state index contributed by atoms with van der Waals surface area (Å²) < 4.78 is 10.8. The Morgan fingerprint density at radius 1 is 1.25 bits per heavy atom. The Bertz CT molecular complexity index is 230. The molecule has 0 amide bonds. The van der Waals surface area contributed by atoms with Crippen molar-refractivity contribution in [2.75, 3.05) is 7.11 Å². The number of methoxy groups -OCH3 is 1. The van der Waals surface area contributed by atoms with Gasteiger partial charge in [0.15, 0.2) is 0 Å². The van der Waals surface area contributed by atoms with Crippen molar-refractivity contribution in [1.29, 1.82) is 0 Å². The van der Waals surface area contributed by atoms with Crippen LogP contribution < -0.4 is 0 Å². The van der Waals surface area contributed by atoms with Gasteiger partial charge in [-0.1, -0.05) is 20.8 Å². The van der Waals surface area contributed by atoms with Gasteiger partial charge in [-0.15, -0.1) is 0 Å². The van der Waals surface area contributed by atoms with Gasteiger partial charge in [0.2, 0.25) is 0 Å². The summed E-state index contributed by atoms with van der Waals surface area (Å²) in [5.41, 5.74) is 0.00636. The molecule has 3 heteroatoms. The fraction of sp³-hybridized carbons (Fsp3) is 0.923. The van der Waals surface area contributed by atoms with E-state index < -0.39 is 0 Å². The fourth-order valence-corrected chi connectivity index (χ4v) is 2.08. The standard InChI is InChI=1S/C13H24O3/c1-13(2,3)9-12(14)16-11-7-5-6-10(8-11)15-4/h10-11H,5-9H2,1-4H3/t10-,11+/m1/s1. The van der Waals surface area contributed by atoms with E-state index in [9.17, 15) is 4.79 Å². The second-order valence-electron chi connectivity index (χ2n) is 5.87. The van der Waals surface area contributed by atoms with E-state index in [-0.39, 0.29) is 23.6 Å². The quantitative estimate of drug-likeness (QED) is 0.697. The maximum absolute atomic E-state index is 11.7. The minimum Gasteiger partial charge on any atom is -0.462 e. The zero-order chi connectivity index (χ0) is 12.2. The smallest absolute Gasteiger partial charge is 0.306 e. The molecule has 0 aliphatic heterocycles. The van der Waals surface area contributed by atoms with Crippen molar-refractivity contribution in [2.24, 2.45) is 5.41 Å². The summed E-state index contributed by atoms with van der Waals surface area (Å²) in [7, 11) is 1.73. The van der Waals surface area contributed by atoms with Gasteiger partial charge in [-0.25, -0.2) is 0 Å². The first-order chi connectivity index (χ1) is 7.40. The number of rotatable bonds is 3. The average Bonchev–Trinajstić information content (AvgIpc) is 2.15. The molecule has 16 heavy (non-hydrogen) atoms. The lowest BCUT2D eigenvalue weighted by Gasteiger charge is -2.28. The molecule has 0 aromatic carbocycles. The van der Waals surface area contributed by atoms with Crippen LogP contribution in [0.15, 0.2) is 0 Å². The summed E-state index contributed by atoms with van der Waals surface area (Å²) in [6.45, 7) is 6.15. The van der Waals surface area contributed by atoms with Crippen molar-refractivity contribution in [1.82, 2.24) is 0 Å². The number of esters is 1. The zero-order valence-corrected chi connectivity index (χ0v) is 10.9. The van der Waals surface area contributed by atoms with E-state index in [1.54, 1.807) is 7.11 Å². The van der Waals surface area contributed by atoms with Crippen molar-refractivity contribution in [3.63, 3.8) is 0 Å². The van der Waals surface area contributed by atoms with Crippen LogP contribution in [0.25, 0.3) is 0 Å². The van der Waals surface area contributed by atoms with E-state index in [4.69, 9.17) is 9.47 Å². The van der Waals surface area contributed by atoms with Gasteiger partial charge in [0.1, 0.15) is 6.10 Å². The molecule has 1 rings (SSSR count). The van der Waals surface area contributed by atoms with Crippen LogP contribution in [-0.4, -0.2) is 25.3 Å². The summed E-state index contributed by atoms with van der Waals surface area (Å²) >= 11 is 0. The van der Waals surface area contributed by atoms with Crippen LogP contribution >= 0.6 is 0 Å². The molecule has 3 nitrogen and oxygen atoms in total. The van der Waals surface area contributed by atoms with Gasteiger partial charge in [0, 0.05) is 13.5 Å². The number of ether oxygens (including phenoxy) is 2. The molecular formula is C13H24O3. The molecule has 0 aromatic rings. The van der Waals surface area contributed by atoms with Gasteiger partial charge in [-0.2, -0.15) is 0 Å². The monoisotopic (exact) mass is 228 g/mol. The first kappa shape index (κ1) is 13.5. The lowest BCUT2D eigenvalue weighted by atomic mass is 9.92. The van der Waals surface area contributed by atoms with E-state index >= 15 is 0 Å². The first-order valence-electron chi connectivity index (χ1n) is 6.13. The van der Waals surface area contributed by atoms with E-state index in [0.29, 0.717) is 6.42 Å². The van der Waals surface area contributed by atoms with Crippen molar-refractivity contribution in [3.05, 3.63) is 0 Å². The fourth-order valence-electron chi connectivity index (χ4n) is 2.08. The van der Waals surface area contributed by atoms with E-state index in [1.807, 2.05) is 20.8 Å². The van der Waals surface area contributed by atoms with E-state index in [0.717, 1.165) is 25.7 Å². The number of hydrogen-bond acceptors (Lipinski definition) is 3. The minimum atomic E-state index is -0.0748. The summed E-state index contributed by atoms with van der Waals surface area (Å²) in [4.78, 5) is 11.7. The van der Waals surface area contributed by atoms with Gasteiger partial charge in [0.25, 0.3) is 0 Å². The molecule has 0 saturated heterocycles. The maximum atomic E-state index is 11.7. The molecule has 1 fully saturated rings. The highest BCUT2D eigenvalue weighted by atomic mass is 16.5. The van der Waals surface area contributed by atoms with Gasteiger partial charge >= 0.3 is 5.97 Å². The molecule has 94 valence electrons. The van der Waals surface area contributed by atoms with Crippen LogP contribution in [0.1, 0.15) is 52.9 Å². The van der Waals surface area contributed by atoms with Gasteiger partial charge in [-0.05, 0) is 24.7 Å². The molecule has 0 bridgehead atoms. The van der Waals surface area contributed by atoms with E-state index in [1.165, 1.54) is 0 Å². The van der Waals surface area contributed by atoms with Gasteiger partial charge in [-0.3, -0.25) is 4.79 Å². The molecule has 0 aromatic heterocycles. The summed E-state index contributed by atoms with van der Waals surface area (Å²) in [6, 6.07) is 0. The van der Waals surface area contributed by atoms with E-state index in [2.05, 4.69) is 0 Å². The third kappa shape index (κ3) is 4.97. The Labute approximate surface area is 98.5 Å². The lowest BCUT2D eigenvalue weighted by molar-refractivity contribution is -0.154. The molecular weight excluding hydrogens is 204 g/mol. The molecule has 1 aliphatic rings. The van der Waals surface area contributed by atoms with Crippen LogP contribution in [0.5, 0.6) is 0 Å². The number of carbonyl (C=O) groups excluding carboxylic acids is 1. The Kier molecular flexibility index (Phi) is 4.78. The highest BCUT2D eigenvalue weighted by Gasteiger charge is 2.26. The Morgan fingerprint density at radius 2 is 1.88 bits per heavy atom. The van der Waals surface area contributed by atoms with Crippen LogP contribution in [0.3, 0.4) is 0 Å². The van der Waals surface area contributed by atoms with Crippen LogP contribution in [0.4, 0.5) is 0 Å². The predicted octanol–water partition coefficient (Wildman–Crippen LogP) is 2.92. The SMILES string of the molecule is CO[C@@H]1CCC[C@H](OC(=O)CC(C)(C)C)C1. The number of carbonyl (C=O) groups is 1. The number of hydrogen-bond donors (Lipinski definition) is 0. The third-order valence-electron chi connectivity index (χ3n) is 2.88. The molecule has 1 saturated carbocycles. The Balaban J connectivity index is 2.33. The van der Waals surface area contributed by atoms with Crippen molar-refractivity contribution >= 4 is 5.97 Å². The minimum absolute atomic E-state index is 0.00636. The molecule has 2 atom stereocenters. The largest absolute Gasteiger partial charge is 0.462 e.